The molecule has 7 heteroatoms. The molecule has 19 heavy (non-hydrogen) atoms. The summed E-state index contributed by atoms with van der Waals surface area (Å²) in [6.45, 7) is 7.82. The standard InChI is InChI=1S/C12H20N4OS2/c1-7(9(17)14-12(2,3)4)18-11-16-15-10(19-11)13-8-5-6-8/h7-8H,5-6H2,1-4H3,(H,13,15)(H,14,17)/t7-/m0/s1. The maximum absolute atomic E-state index is 12.0. The van der Waals surface area contributed by atoms with Crippen molar-refractivity contribution >= 4 is 34.1 Å². The van der Waals surface area contributed by atoms with Gasteiger partial charge in [-0.3, -0.25) is 4.79 Å². The number of aromatic nitrogens is 2. The Hall–Kier alpha value is -0.820. The van der Waals surface area contributed by atoms with Crippen LogP contribution >= 0.6 is 23.1 Å². The number of amides is 1. The van der Waals surface area contributed by atoms with Crippen molar-refractivity contribution in [2.75, 3.05) is 5.32 Å². The van der Waals surface area contributed by atoms with Gasteiger partial charge in [-0.05, 0) is 40.5 Å². The smallest absolute Gasteiger partial charge is 0.233 e. The van der Waals surface area contributed by atoms with Gasteiger partial charge < -0.3 is 10.6 Å². The summed E-state index contributed by atoms with van der Waals surface area (Å²) in [6, 6.07) is 0.576. The highest BCUT2D eigenvalue weighted by Crippen LogP contribution is 2.32. The molecule has 0 bridgehead atoms. The van der Waals surface area contributed by atoms with Crippen LogP contribution < -0.4 is 10.6 Å². The maximum atomic E-state index is 12.0. The van der Waals surface area contributed by atoms with Gasteiger partial charge in [0.05, 0.1) is 5.25 Å². The largest absolute Gasteiger partial charge is 0.357 e. The molecule has 0 radical (unpaired) electrons. The van der Waals surface area contributed by atoms with Crippen LogP contribution in [0.3, 0.4) is 0 Å². The predicted molar refractivity (Wildman–Crippen MR) is 79.8 cm³/mol. The van der Waals surface area contributed by atoms with Crippen molar-refractivity contribution in [2.24, 2.45) is 0 Å². The van der Waals surface area contributed by atoms with Crippen LogP contribution in [0.5, 0.6) is 0 Å². The fourth-order valence-corrected chi connectivity index (χ4v) is 3.37. The Balaban J connectivity index is 1.85. The molecular formula is C12H20N4OS2. The van der Waals surface area contributed by atoms with Crippen molar-refractivity contribution in [3.63, 3.8) is 0 Å². The third-order valence-corrected chi connectivity index (χ3v) is 4.50. The van der Waals surface area contributed by atoms with Crippen molar-refractivity contribution in [2.45, 2.75) is 61.7 Å². The molecule has 1 fully saturated rings. The monoisotopic (exact) mass is 300 g/mol. The van der Waals surface area contributed by atoms with Gasteiger partial charge in [0, 0.05) is 11.6 Å². The lowest BCUT2D eigenvalue weighted by Gasteiger charge is -2.22. The number of carbonyl (C=O) groups excluding carboxylic acids is 1. The zero-order valence-electron chi connectivity index (χ0n) is 11.7. The number of rotatable bonds is 5. The second-order valence-corrected chi connectivity index (χ2v) is 8.36. The van der Waals surface area contributed by atoms with Crippen LogP contribution in [0.25, 0.3) is 0 Å². The fourth-order valence-electron chi connectivity index (χ4n) is 1.39. The average Bonchev–Trinajstić information content (AvgIpc) is 2.96. The first-order valence-corrected chi connectivity index (χ1v) is 8.12. The summed E-state index contributed by atoms with van der Waals surface area (Å²) in [4.78, 5) is 12.0. The first kappa shape index (κ1) is 14.6. The van der Waals surface area contributed by atoms with E-state index in [-0.39, 0.29) is 16.7 Å². The summed E-state index contributed by atoms with van der Waals surface area (Å²) < 4.78 is 0.833. The van der Waals surface area contributed by atoms with Crippen molar-refractivity contribution in [3.05, 3.63) is 0 Å². The van der Waals surface area contributed by atoms with E-state index in [1.807, 2.05) is 27.7 Å². The molecule has 1 heterocycles. The highest BCUT2D eigenvalue weighted by atomic mass is 32.2. The highest BCUT2D eigenvalue weighted by Gasteiger charge is 2.24. The quantitative estimate of drug-likeness (QED) is 0.818. The molecule has 0 aliphatic heterocycles. The number of thioether (sulfide) groups is 1. The van der Waals surface area contributed by atoms with Gasteiger partial charge in [-0.15, -0.1) is 10.2 Å². The molecule has 0 aromatic carbocycles. The van der Waals surface area contributed by atoms with Crippen LogP contribution in [-0.2, 0) is 4.79 Å². The predicted octanol–water partition coefficient (Wildman–Crippen LogP) is 2.51. The van der Waals surface area contributed by atoms with Gasteiger partial charge in [0.1, 0.15) is 0 Å². The van der Waals surface area contributed by atoms with Gasteiger partial charge in [0.15, 0.2) is 4.34 Å². The third-order valence-electron chi connectivity index (χ3n) is 2.46. The van der Waals surface area contributed by atoms with Gasteiger partial charge >= 0.3 is 0 Å². The summed E-state index contributed by atoms with van der Waals surface area (Å²) >= 11 is 2.97. The third kappa shape index (κ3) is 4.99. The Morgan fingerprint density at radius 3 is 2.68 bits per heavy atom. The molecule has 1 amide bonds. The van der Waals surface area contributed by atoms with Crippen molar-refractivity contribution in [1.82, 2.24) is 15.5 Å². The molecule has 5 nitrogen and oxygen atoms in total. The topological polar surface area (TPSA) is 66.9 Å². The molecule has 106 valence electrons. The number of anilines is 1. The minimum absolute atomic E-state index is 0.0319. The van der Waals surface area contributed by atoms with Crippen LogP contribution in [0.4, 0.5) is 5.13 Å². The number of hydrogen-bond donors (Lipinski definition) is 2. The summed E-state index contributed by atoms with van der Waals surface area (Å²) in [6.07, 6.45) is 2.43. The van der Waals surface area contributed by atoms with E-state index < -0.39 is 0 Å². The molecular weight excluding hydrogens is 280 g/mol. The second kappa shape index (κ2) is 5.66. The Kier molecular flexibility index (Phi) is 4.35. The molecule has 2 rings (SSSR count). The zero-order chi connectivity index (χ0) is 14.0. The number of hydrogen-bond acceptors (Lipinski definition) is 6. The number of nitrogens with zero attached hydrogens (tertiary/aromatic N) is 2. The van der Waals surface area contributed by atoms with Crippen LogP contribution in [-0.4, -0.2) is 32.9 Å². The van der Waals surface area contributed by atoms with Crippen molar-refractivity contribution in [1.29, 1.82) is 0 Å². The first-order valence-electron chi connectivity index (χ1n) is 6.42. The Labute approximate surface area is 122 Å². The minimum Gasteiger partial charge on any atom is -0.357 e. The van der Waals surface area contributed by atoms with E-state index >= 15 is 0 Å². The van der Waals surface area contributed by atoms with Gasteiger partial charge in [0.25, 0.3) is 0 Å². The normalized spacial score (nSPS) is 17.1. The van der Waals surface area contributed by atoms with Crippen LogP contribution in [0.2, 0.25) is 0 Å². The van der Waals surface area contributed by atoms with E-state index in [0.717, 1.165) is 9.47 Å². The molecule has 0 saturated heterocycles. The molecule has 0 unspecified atom stereocenters. The Morgan fingerprint density at radius 1 is 1.42 bits per heavy atom. The molecule has 1 aromatic rings. The van der Waals surface area contributed by atoms with Crippen LogP contribution in [0.1, 0.15) is 40.5 Å². The fraction of sp³-hybridized carbons (Fsp3) is 0.750. The molecule has 1 atom stereocenters. The van der Waals surface area contributed by atoms with E-state index in [4.69, 9.17) is 0 Å². The van der Waals surface area contributed by atoms with Crippen LogP contribution in [0, 0.1) is 0 Å². The van der Waals surface area contributed by atoms with E-state index in [9.17, 15) is 4.79 Å². The lowest BCUT2D eigenvalue weighted by molar-refractivity contribution is -0.121. The lowest BCUT2D eigenvalue weighted by atomic mass is 10.1. The number of carbonyl (C=O) groups is 1. The highest BCUT2D eigenvalue weighted by molar-refractivity contribution is 8.02. The van der Waals surface area contributed by atoms with Crippen molar-refractivity contribution in [3.8, 4) is 0 Å². The van der Waals surface area contributed by atoms with Crippen molar-refractivity contribution < 1.29 is 4.79 Å². The zero-order valence-corrected chi connectivity index (χ0v) is 13.3. The summed E-state index contributed by atoms with van der Waals surface area (Å²) in [5.41, 5.74) is -0.203. The molecule has 1 aliphatic carbocycles. The molecule has 1 saturated carbocycles. The molecule has 1 aromatic heterocycles. The van der Waals surface area contributed by atoms with Crippen LogP contribution in [0.15, 0.2) is 4.34 Å². The van der Waals surface area contributed by atoms with E-state index in [1.54, 1.807) is 0 Å². The Bertz CT molecular complexity index is 451. The first-order chi connectivity index (χ1) is 8.83. The SMILES string of the molecule is C[C@H](Sc1nnc(NC2CC2)s1)C(=O)NC(C)(C)C. The number of nitrogens with one attached hydrogen (secondary N) is 2. The van der Waals surface area contributed by atoms with E-state index in [0.29, 0.717) is 6.04 Å². The summed E-state index contributed by atoms with van der Waals surface area (Å²) in [5, 5.41) is 15.2. The minimum atomic E-state index is -0.203. The van der Waals surface area contributed by atoms with Gasteiger partial charge in [-0.25, -0.2) is 0 Å². The maximum Gasteiger partial charge on any atom is 0.233 e. The Morgan fingerprint density at radius 2 is 2.11 bits per heavy atom. The van der Waals surface area contributed by atoms with Gasteiger partial charge in [-0.1, -0.05) is 23.1 Å². The summed E-state index contributed by atoms with van der Waals surface area (Å²) in [7, 11) is 0. The van der Waals surface area contributed by atoms with Gasteiger partial charge in [0.2, 0.25) is 11.0 Å². The lowest BCUT2D eigenvalue weighted by Crippen LogP contribution is -2.44. The molecule has 1 aliphatic rings. The molecule has 0 spiro atoms. The van der Waals surface area contributed by atoms with E-state index in [1.165, 1.54) is 35.9 Å². The summed E-state index contributed by atoms with van der Waals surface area (Å²) in [5.74, 6) is 0.0319. The van der Waals surface area contributed by atoms with E-state index in [2.05, 4.69) is 20.8 Å². The van der Waals surface area contributed by atoms with Gasteiger partial charge in [-0.2, -0.15) is 0 Å². The average molecular weight is 300 g/mol. The molecule has 2 N–H and O–H groups in total. The second-order valence-electron chi connectivity index (χ2n) is 5.79.